The molecule has 0 saturated carbocycles. The van der Waals surface area contributed by atoms with Gasteiger partial charge in [-0.3, -0.25) is 19.3 Å². The van der Waals surface area contributed by atoms with Gasteiger partial charge in [0.15, 0.2) is 0 Å². The molecule has 168 valence electrons. The topological polar surface area (TPSA) is 86.7 Å². The van der Waals surface area contributed by atoms with E-state index in [2.05, 4.69) is 5.32 Å². The van der Waals surface area contributed by atoms with Gasteiger partial charge in [0.05, 0.1) is 4.91 Å². The molecule has 0 bridgehead atoms. The van der Waals surface area contributed by atoms with Crippen LogP contribution in [0.25, 0.3) is 6.08 Å². The minimum absolute atomic E-state index is 0.0485. The van der Waals surface area contributed by atoms with Gasteiger partial charge in [-0.15, -0.1) is 0 Å². The summed E-state index contributed by atoms with van der Waals surface area (Å²) in [5.41, 5.74) is 0.924. The van der Waals surface area contributed by atoms with Crippen molar-refractivity contribution in [2.45, 2.75) is 57.8 Å². The Kier molecular flexibility index (Phi) is 11.3. The maximum absolute atomic E-state index is 12.6. The first-order valence-electron chi connectivity index (χ1n) is 10.8. The number of rotatable bonds is 14. The molecule has 0 aromatic heterocycles. The first kappa shape index (κ1) is 25.1. The summed E-state index contributed by atoms with van der Waals surface area (Å²) in [6, 6.07) is 9.56. The van der Waals surface area contributed by atoms with Crippen LogP contribution in [0.15, 0.2) is 35.2 Å². The number of hydrogen-bond donors (Lipinski definition) is 2. The highest BCUT2D eigenvalue weighted by Crippen LogP contribution is 2.32. The maximum atomic E-state index is 12.6. The molecule has 1 fully saturated rings. The van der Waals surface area contributed by atoms with Crippen molar-refractivity contribution in [1.82, 2.24) is 10.2 Å². The van der Waals surface area contributed by atoms with Gasteiger partial charge in [-0.1, -0.05) is 92.8 Å². The molecule has 0 atom stereocenters. The third-order valence-corrected chi connectivity index (χ3v) is 6.29. The first-order chi connectivity index (χ1) is 15.0. The molecule has 2 N–H and O–H groups in total. The Morgan fingerprint density at radius 3 is 2.26 bits per heavy atom. The molecule has 1 saturated heterocycles. The number of carboxylic acids is 1. The van der Waals surface area contributed by atoms with E-state index in [-0.39, 0.29) is 24.8 Å². The van der Waals surface area contributed by atoms with Gasteiger partial charge in [-0.2, -0.15) is 0 Å². The van der Waals surface area contributed by atoms with Crippen LogP contribution in [0.5, 0.6) is 0 Å². The first-order valence-corrected chi connectivity index (χ1v) is 12.0. The lowest BCUT2D eigenvalue weighted by Gasteiger charge is -2.14. The van der Waals surface area contributed by atoms with Gasteiger partial charge >= 0.3 is 5.97 Å². The molecular formula is C23H30N2O4S2. The van der Waals surface area contributed by atoms with Crippen molar-refractivity contribution in [2.24, 2.45) is 0 Å². The van der Waals surface area contributed by atoms with E-state index in [0.29, 0.717) is 15.8 Å². The fourth-order valence-electron chi connectivity index (χ4n) is 3.23. The van der Waals surface area contributed by atoms with E-state index >= 15 is 0 Å². The Morgan fingerprint density at radius 1 is 1.00 bits per heavy atom. The van der Waals surface area contributed by atoms with Gasteiger partial charge in [0.1, 0.15) is 10.9 Å². The highest BCUT2D eigenvalue weighted by Gasteiger charge is 2.33. The minimum atomic E-state index is -0.721. The number of nitrogens with one attached hydrogen (secondary N) is 1. The zero-order chi connectivity index (χ0) is 22.5. The second kappa shape index (κ2) is 14.0. The number of carbonyl (C=O) groups is 3. The Hall–Kier alpha value is -2.19. The molecule has 0 spiro atoms. The van der Waals surface area contributed by atoms with Gasteiger partial charge in [-0.25, -0.2) is 0 Å². The lowest BCUT2D eigenvalue weighted by atomic mass is 10.1. The summed E-state index contributed by atoms with van der Waals surface area (Å²) in [6.45, 7) is 0.541. The number of thiocarbonyl (C=S) groups is 1. The normalized spacial score (nSPS) is 15.0. The van der Waals surface area contributed by atoms with Crippen LogP contribution in [0.2, 0.25) is 0 Å². The Balaban J connectivity index is 1.57. The molecule has 1 aliphatic rings. The van der Waals surface area contributed by atoms with Crippen molar-refractivity contribution in [2.75, 3.05) is 13.1 Å². The summed E-state index contributed by atoms with van der Waals surface area (Å²) in [5, 5.41) is 11.5. The molecule has 6 nitrogen and oxygen atoms in total. The van der Waals surface area contributed by atoms with Crippen molar-refractivity contribution >= 4 is 52.2 Å². The number of amides is 2. The average molecular weight is 463 g/mol. The Labute approximate surface area is 193 Å². The molecule has 0 radical (unpaired) electrons. The number of carbonyl (C=O) groups excluding carboxylic acids is 2. The van der Waals surface area contributed by atoms with Crippen LogP contribution in [-0.2, 0) is 14.4 Å². The van der Waals surface area contributed by atoms with Crippen LogP contribution in [0.4, 0.5) is 0 Å². The van der Waals surface area contributed by atoms with Gasteiger partial charge in [0, 0.05) is 13.0 Å². The molecule has 0 aliphatic carbocycles. The van der Waals surface area contributed by atoms with Crippen molar-refractivity contribution in [3.8, 4) is 0 Å². The van der Waals surface area contributed by atoms with Gasteiger partial charge in [0.2, 0.25) is 5.91 Å². The maximum Gasteiger partial charge on any atom is 0.303 e. The van der Waals surface area contributed by atoms with Crippen LogP contribution in [-0.4, -0.2) is 45.2 Å². The molecular weight excluding hydrogens is 432 g/mol. The van der Waals surface area contributed by atoms with Crippen molar-refractivity contribution in [3.63, 3.8) is 0 Å². The predicted octanol–water partition coefficient (Wildman–Crippen LogP) is 4.60. The molecule has 2 amide bonds. The van der Waals surface area contributed by atoms with Crippen molar-refractivity contribution in [1.29, 1.82) is 0 Å². The standard InChI is InChI=1S/C23H30N2O4S2/c26-20(24-15-11-6-4-2-1-3-5-10-14-21(27)28)17-25-22(29)19(31-23(25)30)16-18-12-8-7-9-13-18/h7-9,12-13,16H,1-6,10-11,14-15,17H2,(H,24,26)(H,27,28)/b19-16-. The van der Waals surface area contributed by atoms with E-state index in [9.17, 15) is 14.4 Å². The molecule has 8 heteroatoms. The van der Waals surface area contributed by atoms with Gasteiger partial charge in [-0.05, 0) is 24.5 Å². The summed E-state index contributed by atoms with van der Waals surface area (Å²) in [6.07, 6.45) is 10.2. The zero-order valence-corrected chi connectivity index (χ0v) is 19.3. The number of unbranched alkanes of at least 4 members (excludes halogenated alkanes) is 7. The Morgan fingerprint density at radius 2 is 1.61 bits per heavy atom. The smallest absolute Gasteiger partial charge is 0.303 e. The fourth-order valence-corrected chi connectivity index (χ4v) is 4.48. The minimum Gasteiger partial charge on any atom is -0.481 e. The number of aliphatic carboxylic acids is 1. The molecule has 1 aliphatic heterocycles. The SMILES string of the molecule is O=C(O)CCCCCCCCCCNC(=O)CN1C(=O)/C(=C/c2ccccc2)SC1=S. The highest BCUT2D eigenvalue weighted by molar-refractivity contribution is 8.26. The number of thioether (sulfide) groups is 1. The summed E-state index contributed by atoms with van der Waals surface area (Å²) < 4.78 is 0.408. The summed E-state index contributed by atoms with van der Waals surface area (Å²) >= 11 is 6.51. The number of hydrogen-bond acceptors (Lipinski definition) is 5. The quantitative estimate of drug-likeness (QED) is 0.239. The molecule has 1 aromatic rings. The van der Waals surface area contributed by atoms with E-state index in [1.807, 2.05) is 30.3 Å². The molecule has 0 unspecified atom stereocenters. The fraction of sp³-hybridized carbons (Fsp3) is 0.478. The van der Waals surface area contributed by atoms with E-state index in [4.69, 9.17) is 17.3 Å². The highest BCUT2D eigenvalue weighted by atomic mass is 32.2. The number of carboxylic acid groups (broad SMARTS) is 1. The van der Waals surface area contributed by atoms with Crippen molar-refractivity contribution < 1.29 is 19.5 Å². The number of nitrogens with zero attached hydrogens (tertiary/aromatic N) is 1. The second-order valence-corrected chi connectivity index (χ2v) is 9.18. The van der Waals surface area contributed by atoms with Gasteiger partial charge in [0.25, 0.3) is 5.91 Å². The zero-order valence-electron chi connectivity index (χ0n) is 17.7. The van der Waals surface area contributed by atoms with E-state index in [0.717, 1.165) is 56.9 Å². The Bertz CT molecular complexity index is 796. The predicted molar refractivity (Wildman–Crippen MR) is 129 cm³/mol. The van der Waals surface area contributed by atoms with E-state index < -0.39 is 5.97 Å². The largest absolute Gasteiger partial charge is 0.481 e. The van der Waals surface area contributed by atoms with Crippen molar-refractivity contribution in [3.05, 3.63) is 40.8 Å². The average Bonchev–Trinajstić information content (AvgIpc) is 3.00. The van der Waals surface area contributed by atoms with Gasteiger partial charge < -0.3 is 10.4 Å². The van der Waals surface area contributed by atoms with Crippen LogP contribution in [0.3, 0.4) is 0 Å². The van der Waals surface area contributed by atoms with Crippen LogP contribution in [0.1, 0.15) is 63.4 Å². The van der Waals surface area contributed by atoms with Crippen LogP contribution < -0.4 is 5.32 Å². The summed E-state index contributed by atoms with van der Waals surface area (Å²) in [5.74, 6) is -1.14. The monoisotopic (exact) mass is 462 g/mol. The summed E-state index contributed by atoms with van der Waals surface area (Å²) in [7, 11) is 0. The molecule has 1 heterocycles. The number of benzene rings is 1. The second-order valence-electron chi connectivity index (χ2n) is 7.50. The van der Waals surface area contributed by atoms with Crippen LogP contribution in [0, 0.1) is 0 Å². The molecule has 2 rings (SSSR count). The third-order valence-electron chi connectivity index (χ3n) is 4.91. The lowest BCUT2D eigenvalue weighted by molar-refractivity contribution is -0.137. The van der Waals surface area contributed by atoms with E-state index in [1.165, 1.54) is 16.7 Å². The summed E-state index contributed by atoms with van der Waals surface area (Å²) in [4.78, 5) is 37.1. The van der Waals surface area contributed by atoms with E-state index in [1.54, 1.807) is 6.08 Å². The lowest BCUT2D eigenvalue weighted by Crippen LogP contribution is -2.39. The third kappa shape index (κ3) is 9.65. The molecule has 1 aromatic carbocycles. The van der Waals surface area contributed by atoms with Crippen LogP contribution >= 0.6 is 24.0 Å². The molecule has 31 heavy (non-hydrogen) atoms.